The van der Waals surface area contributed by atoms with Crippen LogP contribution in [0.5, 0.6) is 0 Å². The average Bonchev–Trinajstić information content (AvgIpc) is 2.19. The first-order valence-corrected chi connectivity index (χ1v) is 5.34. The molecule has 0 aromatic carbocycles. The number of piperidine rings is 1. The zero-order valence-electron chi connectivity index (χ0n) is 8.79. The Hall–Kier alpha value is -0.610. The van der Waals surface area contributed by atoms with Crippen LogP contribution in [0.25, 0.3) is 0 Å². The van der Waals surface area contributed by atoms with Crippen molar-refractivity contribution < 1.29 is 9.53 Å². The van der Waals surface area contributed by atoms with E-state index in [1.807, 2.05) is 0 Å². The van der Waals surface area contributed by atoms with Crippen LogP contribution in [0, 0.1) is 5.92 Å². The lowest BCUT2D eigenvalue weighted by Crippen LogP contribution is -2.47. The van der Waals surface area contributed by atoms with Gasteiger partial charge in [-0.05, 0) is 31.7 Å². The first kappa shape index (κ1) is 11.5. The molecule has 3 N–H and O–H groups in total. The number of hydrogen-bond acceptors (Lipinski definition) is 3. The minimum Gasteiger partial charge on any atom is -0.381 e. The summed E-state index contributed by atoms with van der Waals surface area (Å²) in [4.78, 5) is 10.9. The monoisotopic (exact) mass is 200 g/mol. The van der Waals surface area contributed by atoms with Gasteiger partial charge in [0.15, 0.2) is 0 Å². The molecule has 4 nitrogen and oxygen atoms in total. The number of carbonyl (C=O) groups excluding carboxylic acids is 1. The van der Waals surface area contributed by atoms with Crippen molar-refractivity contribution in [3.05, 3.63) is 0 Å². The third-order valence-electron chi connectivity index (χ3n) is 2.56. The van der Waals surface area contributed by atoms with Crippen LogP contribution in [0.1, 0.15) is 26.2 Å². The molecule has 0 aromatic rings. The quantitative estimate of drug-likeness (QED) is 0.626. The number of rotatable bonds is 5. The van der Waals surface area contributed by atoms with Gasteiger partial charge >= 0.3 is 0 Å². The summed E-state index contributed by atoms with van der Waals surface area (Å²) >= 11 is 0. The van der Waals surface area contributed by atoms with E-state index in [1.54, 1.807) is 0 Å². The van der Waals surface area contributed by atoms with E-state index in [4.69, 9.17) is 10.5 Å². The summed E-state index contributed by atoms with van der Waals surface area (Å²) < 4.78 is 5.47. The molecular weight excluding hydrogens is 180 g/mol. The fourth-order valence-corrected chi connectivity index (χ4v) is 1.76. The highest BCUT2D eigenvalue weighted by Crippen LogP contribution is 2.16. The van der Waals surface area contributed by atoms with Crippen LogP contribution >= 0.6 is 0 Å². The Bertz CT molecular complexity index is 185. The molecule has 2 atom stereocenters. The number of amides is 1. The highest BCUT2D eigenvalue weighted by atomic mass is 16.5. The van der Waals surface area contributed by atoms with Gasteiger partial charge in [-0.25, -0.2) is 0 Å². The summed E-state index contributed by atoms with van der Waals surface area (Å²) in [7, 11) is 0. The molecule has 0 spiro atoms. The Morgan fingerprint density at radius 1 is 1.64 bits per heavy atom. The Labute approximate surface area is 85.2 Å². The normalized spacial score (nSPS) is 27.5. The molecule has 0 saturated carbocycles. The van der Waals surface area contributed by atoms with Crippen molar-refractivity contribution in [2.24, 2.45) is 11.7 Å². The molecule has 1 aliphatic heterocycles. The molecule has 2 unspecified atom stereocenters. The molecule has 82 valence electrons. The number of hydrogen-bond donors (Lipinski definition) is 2. The second-order valence-corrected chi connectivity index (χ2v) is 3.87. The zero-order chi connectivity index (χ0) is 10.4. The summed E-state index contributed by atoms with van der Waals surface area (Å²) in [5.41, 5.74) is 5.24. The molecule has 1 amide bonds. The van der Waals surface area contributed by atoms with Gasteiger partial charge in [0.1, 0.15) is 0 Å². The highest BCUT2D eigenvalue weighted by Gasteiger charge is 2.24. The van der Waals surface area contributed by atoms with Crippen molar-refractivity contribution in [1.82, 2.24) is 5.32 Å². The number of ether oxygens (including phenoxy) is 1. The lowest BCUT2D eigenvalue weighted by Gasteiger charge is -2.28. The SMILES string of the molecule is CCCOCC1CCNC(C(N)=O)C1. The van der Waals surface area contributed by atoms with Crippen molar-refractivity contribution >= 4 is 5.91 Å². The van der Waals surface area contributed by atoms with Gasteiger partial charge < -0.3 is 15.8 Å². The summed E-state index contributed by atoms with van der Waals surface area (Å²) in [6.45, 7) is 4.53. The van der Waals surface area contributed by atoms with Crippen molar-refractivity contribution in [2.75, 3.05) is 19.8 Å². The molecule has 1 heterocycles. The fraction of sp³-hybridized carbons (Fsp3) is 0.900. The standard InChI is InChI=1S/C10H20N2O2/c1-2-5-14-7-8-3-4-12-9(6-8)10(11)13/h8-9,12H,2-7H2,1H3,(H2,11,13). The molecule has 1 fully saturated rings. The third kappa shape index (κ3) is 3.64. The van der Waals surface area contributed by atoms with Gasteiger partial charge in [0.2, 0.25) is 5.91 Å². The fourth-order valence-electron chi connectivity index (χ4n) is 1.76. The Balaban J connectivity index is 2.22. The molecular formula is C10H20N2O2. The largest absolute Gasteiger partial charge is 0.381 e. The van der Waals surface area contributed by atoms with Gasteiger partial charge in [-0.15, -0.1) is 0 Å². The van der Waals surface area contributed by atoms with E-state index in [-0.39, 0.29) is 11.9 Å². The van der Waals surface area contributed by atoms with Gasteiger partial charge in [-0.1, -0.05) is 6.92 Å². The van der Waals surface area contributed by atoms with Crippen molar-refractivity contribution in [2.45, 2.75) is 32.2 Å². The van der Waals surface area contributed by atoms with Crippen LogP contribution in [0.15, 0.2) is 0 Å². The molecule has 14 heavy (non-hydrogen) atoms. The van der Waals surface area contributed by atoms with Crippen LogP contribution in [-0.4, -0.2) is 31.7 Å². The van der Waals surface area contributed by atoms with E-state index in [2.05, 4.69) is 12.2 Å². The van der Waals surface area contributed by atoms with Crippen LogP contribution < -0.4 is 11.1 Å². The van der Waals surface area contributed by atoms with Gasteiger partial charge in [-0.3, -0.25) is 4.79 Å². The van der Waals surface area contributed by atoms with Crippen LogP contribution in [0.2, 0.25) is 0 Å². The smallest absolute Gasteiger partial charge is 0.234 e. The van der Waals surface area contributed by atoms with Crippen LogP contribution in [0.4, 0.5) is 0 Å². The molecule has 0 aliphatic carbocycles. The van der Waals surface area contributed by atoms with E-state index in [9.17, 15) is 4.79 Å². The average molecular weight is 200 g/mol. The first-order chi connectivity index (χ1) is 6.74. The first-order valence-electron chi connectivity index (χ1n) is 5.34. The van der Waals surface area contributed by atoms with E-state index in [0.29, 0.717) is 5.92 Å². The Morgan fingerprint density at radius 3 is 3.07 bits per heavy atom. The van der Waals surface area contributed by atoms with Gasteiger partial charge in [-0.2, -0.15) is 0 Å². The van der Waals surface area contributed by atoms with Gasteiger partial charge in [0, 0.05) is 13.2 Å². The summed E-state index contributed by atoms with van der Waals surface area (Å²) in [6, 6.07) is -0.154. The zero-order valence-corrected chi connectivity index (χ0v) is 8.79. The summed E-state index contributed by atoms with van der Waals surface area (Å²) in [5.74, 6) is 0.241. The predicted molar refractivity (Wildman–Crippen MR) is 54.8 cm³/mol. The minimum absolute atomic E-state index is 0.154. The maximum atomic E-state index is 10.9. The lowest BCUT2D eigenvalue weighted by atomic mass is 9.93. The maximum Gasteiger partial charge on any atom is 0.234 e. The van der Waals surface area contributed by atoms with E-state index in [0.717, 1.165) is 39.0 Å². The Morgan fingerprint density at radius 2 is 2.43 bits per heavy atom. The second kappa shape index (κ2) is 5.98. The lowest BCUT2D eigenvalue weighted by molar-refractivity contribution is -0.121. The molecule has 1 rings (SSSR count). The molecule has 4 heteroatoms. The third-order valence-corrected chi connectivity index (χ3v) is 2.56. The number of nitrogens with one attached hydrogen (secondary N) is 1. The molecule has 0 aromatic heterocycles. The van der Waals surface area contributed by atoms with Gasteiger partial charge in [0.25, 0.3) is 0 Å². The number of nitrogens with two attached hydrogens (primary N) is 1. The van der Waals surface area contributed by atoms with Crippen LogP contribution in [0.3, 0.4) is 0 Å². The minimum atomic E-state index is -0.245. The molecule has 0 radical (unpaired) electrons. The van der Waals surface area contributed by atoms with Gasteiger partial charge in [0.05, 0.1) is 6.04 Å². The molecule has 1 saturated heterocycles. The van der Waals surface area contributed by atoms with Crippen LogP contribution in [-0.2, 0) is 9.53 Å². The molecule has 1 aliphatic rings. The predicted octanol–water partition coefficient (Wildman–Crippen LogP) is 0.267. The Kier molecular flexibility index (Phi) is 4.90. The summed E-state index contributed by atoms with van der Waals surface area (Å²) in [6.07, 6.45) is 2.94. The van der Waals surface area contributed by atoms with E-state index < -0.39 is 0 Å². The number of carbonyl (C=O) groups is 1. The van der Waals surface area contributed by atoms with Crippen molar-refractivity contribution in [3.63, 3.8) is 0 Å². The van der Waals surface area contributed by atoms with Crippen molar-refractivity contribution in [3.8, 4) is 0 Å². The highest BCUT2D eigenvalue weighted by molar-refractivity contribution is 5.79. The topological polar surface area (TPSA) is 64.3 Å². The maximum absolute atomic E-state index is 10.9. The van der Waals surface area contributed by atoms with E-state index in [1.165, 1.54) is 0 Å². The van der Waals surface area contributed by atoms with E-state index >= 15 is 0 Å². The molecule has 0 bridgehead atoms. The summed E-state index contributed by atoms with van der Waals surface area (Å²) in [5, 5.41) is 3.11. The number of primary amides is 1. The second-order valence-electron chi connectivity index (χ2n) is 3.87. The van der Waals surface area contributed by atoms with Crippen molar-refractivity contribution in [1.29, 1.82) is 0 Å².